The van der Waals surface area contributed by atoms with Gasteiger partial charge in [-0.15, -0.1) is 11.3 Å². The van der Waals surface area contributed by atoms with E-state index in [4.69, 9.17) is 0 Å². The van der Waals surface area contributed by atoms with Gasteiger partial charge in [0, 0.05) is 16.8 Å². The van der Waals surface area contributed by atoms with Gasteiger partial charge in [-0.2, -0.15) is 0 Å². The number of benzene rings is 1. The molecular weight excluding hydrogens is 277 g/mol. The van der Waals surface area contributed by atoms with Crippen molar-refractivity contribution in [2.75, 3.05) is 11.9 Å². The molecule has 6 heteroatoms. The molecule has 0 radical (unpaired) electrons. The van der Waals surface area contributed by atoms with E-state index >= 15 is 0 Å². The zero-order chi connectivity index (χ0) is 13.9. The molecule has 2 heterocycles. The molecule has 3 rings (SSSR count). The molecule has 0 fully saturated rings. The van der Waals surface area contributed by atoms with Gasteiger partial charge < -0.3 is 10.4 Å². The van der Waals surface area contributed by atoms with Crippen molar-refractivity contribution in [3.05, 3.63) is 53.4 Å². The second-order valence-electron chi connectivity index (χ2n) is 4.31. The number of nitrogens with one attached hydrogen (secondary N) is 1. The minimum Gasteiger partial charge on any atom is -0.387 e. The standard InChI is InChI=1S/C14H12FN3OS/c15-9-5-16-14(17-6-9)18-7-12(19)11-8-20-13-4-2-1-3-10(11)13/h1-6,8,12,19H,7H2,(H,16,17,18). The van der Waals surface area contributed by atoms with Crippen LogP contribution in [0.1, 0.15) is 11.7 Å². The Morgan fingerprint density at radius 1 is 1.25 bits per heavy atom. The number of hydrogen-bond acceptors (Lipinski definition) is 5. The molecule has 2 aromatic heterocycles. The highest BCUT2D eigenvalue weighted by molar-refractivity contribution is 7.17. The molecule has 0 bridgehead atoms. The Hall–Kier alpha value is -2.05. The van der Waals surface area contributed by atoms with Crippen molar-refractivity contribution in [3.8, 4) is 0 Å². The van der Waals surface area contributed by atoms with E-state index in [1.54, 1.807) is 11.3 Å². The third-order valence-electron chi connectivity index (χ3n) is 2.94. The minimum atomic E-state index is -0.667. The fraction of sp³-hybridized carbons (Fsp3) is 0.143. The lowest BCUT2D eigenvalue weighted by Crippen LogP contribution is -2.13. The predicted molar refractivity (Wildman–Crippen MR) is 77.3 cm³/mol. The fourth-order valence-electron chi connectivity index (χ4n) is 1.96. The van der Waals surface area contributed by atoms with Crippen LogP contribution in [0.4, 0.5) is 10.3 Å². The van der Waals surface area contributed by atoms with E-state index in [1.807, 2.05) is 29.6 Å². The van der Waals surface area contributed by atoms with Crippen molar-refractivity contribution >= 4 is 27.4 Å². The average molecular weight is 289 g/mol. The van der Waals surface area contributed by atoms with E-state index in [-0.39, 0.29) is 6.54 Å². The number of aliphatic hydroxyl groups is 1. The van der Waals surface area contributed by atoms with Crippen molar-refractivity contribution in [3.63, 3.8) is 0 Å². The third kappa shape index (κ3) is 2.61. The molecule has 0 aliphatic rings. The van der Waals surface area contributed by atoms with Gasteiger partial charge in [0.05, 0.1) is 18.5 Å². The van der Waals surface area contributed by atoms with Crippen LogP contribution in [0.5, 0.6) is 0 Å². The first-order valence-electron chi connectivity index (χ1n) is 6.09. The Kier molecular flexibility index (Phi) is 3.58. The minimum absolute atomic E-state index is 0.270. The van der Waals surface area contributed by atoms with Gasteiger partial charge in [0.2, 0.25) is 5.95 Å². The number of rotatable bonds is 4. The van der Waals surface area contributed by atoms with Crippen LogP contribution in [0, 0.1) is 5.82 Å². The topological polar surface area (TPSA) is 58.0 Å². The van der Waals surface area contributed by atoms with Crippen LogP contribution < -0.4 is 5.32 Å². The van der Waals surface area contributed by atoms with Crippen LogP contribution in [-0.4, -0.2) is 21.6 Å². The van der Waals surface area contributed by atoms with Gasteiger partial charge >= 0.3 is 0 Å². The Balaban J connectivity index is 1.73. The maximum absolute atomic E-state index is 12.7. The predicted octanol–water partition coefficient (Wildman–Crippen LogP) is 2.98. The summed E-state index contributed by atoms with van der Waals surface area (Å²) in [5.74, 6) is -0.190. The molecule has 0 saturated carbocycles. The largest absolute Gasteiger partial charge is 0.387 e. The SMILES string of the molecule is OC(CNc1ncc(F)cn1)c1csc2ccccc12. The quantitative estimate of drug-likeness (QED) is 0.775. The highest BCUT2D eigenvalue weighted by Gasteiger charge is 2.13. The molecule has 1 aromatic carbocycles. The van der Waals surface area contributed by atoms with Gasteiger partial charge in [-0.3, -0.25) is 0 Å². The Morgan fingerprint density at radius 2 is 2.00 bits per heavy atom. The first kappa shape index (κ1) is 13.0. The highest BCUT2D eigenvalue weighted by Crippen LogP contribution is 2.30. The van der Waals surface area contributed by atoms with E-state index in [0.29, 0.717) is 5.95 Å². The summed E-state index contributed by atoms with van der Waals surface area (Å²) in [6.07, 6.45) is 1.50. The lowest BCUT2D eigenvalue weighted by atomic mass is 10.1. The first-order valence-corrected chi connectivity index (χ1v) is 6.97. The van der Waals surface area contributed by atoms with Crippen LogP contribution in [0.3, 0.4) is 0 Å². The zero-order valence-electron chi connectivity index (χ0n) is 10.5. The highest BCUT2D eigenvalue weighted by atomic mass is 32.1. The normalized spacial score (nSPS) is 12.5. The number of nitrogens with zero attached hydrogens (tertiary/aromatic N) is 2. The Labute approximate surface area is 118 Å². The molecule has 0 aliphatic carbocycles. The summed E-state index contributed by atoms with van der Waals surface area (Å²) in [7, 11) is 0. The molecule has 0 aliphatic heterocycles. The summed E-state index contributed by atoms with van der Waals surface area (Å²) in [4.78, 5) is 7.58. The average Bonchev–Trinajstić information content (AvgIpc) is 2.90. The van der Waals surface area contributed by atoms with Crippen LogP contribution >= 0.6 is 11.3 Å². The summed E-state index contributed by atoms with van der Waals surface area (Å²) in [6.45, 7) is 0.270. The smallest absolute Gasteiger partial charge is 0.222 e. The molecule has 1 atom stereocenters. The van der Waals surface area contributed by atoms with Crippen LogP contribution in [-0.2, 0) is 0 Å². The van der Waals surface area contributed by atoms with E-state index in [9.17, 15) is 9.50 Å². The van der Waals surface area contributed by atoms with Gasteiger partial charge in [0.1, 0.15) is 0 Å². The molecule has 0 saturated heterocycles. The summed E-state index contributed by atoms with van der Waals surface area (Å²) in [6, 6.07) is 7.92. The summed E-state index contributed by atoms with van der Waals surface area (Å²) in [5, 5.41) is 16.1. The number of fused-ring (bicyclic) bond motifs is 1. The molecule has 2 N–H and O–H groups in total. The monoisotopic (exact) mass is 289 g/mol. The zero-order valence-corrected chi connectivity index (χ0v) is 11.3. The second-order valence-corrected chi connectivity index (χ2v) is 5.22. The van der Waals surface area contributed by atoms with Gasteiger partial charge in [-0.25, -0.2) is 14.4 Å². The number of halogens is 1. The van der Waals surface area contributed by atoms with E-state index in [0.717, 1.165) is 28.0 Å². The van der Waals surface area contributed by atoms with Crippen molar-refractivity contribution in [1.29, 1.82) is 0 Å². The first-order chi connectivity index (χ1) is 9.74. The van der Waals surface area contributed by atoms with Crippen molar-refractivity contribution in [2.45, 2.75) is 6.10 Å². The third-order valence-corrected chi connectivity index (χ3v) is 3.93. The second kappa shape index (κ2) is 5.52. The summed E-state index contributed by atoms with van der Waals surface area (Å²) in [5.41, 5.74) is 0.875. The molecular formula is C14H12FN3OS. The summed E-state index contributed by atoms with van der Waals surface area (Å²) >= 11 is 1.60. The van der Waals surface area contributed by atoms with Crippen molar-refractivity contribution in [2.24, 2.45) is 0 Å². The molecule has 4 nitrogen and oxygen atoms in total. The van der Waals surface area contributed by atoms with Gasteiger partial charge in [0.25, 0.3) is 0 Å². The summed E-state index contributed by atoms with van der Waals surface area (Å²) < 4.78 is 13.8. The van der Waals surface area contributed by atoms with E-state index in [2.05, 4.69) is 15.3 Å². The molecule has 0 amide bonds. The van der Waals surface area contributed by atoms with E-state index < -0.39 is 11.9 Å². The maximum atomic E-state index is 12.7. The van der Waals surface area contributed by atoms with Crippen LogP contribution in [0.15, 0.2) is 42.0 Å². The molecule has 3 aromatic rings. The van der Waals surface area contributed by atoms with Gasteiger partial charge in [-0.1, -0.05) is 18.2 Å². The lowest BCUT2D eigenvalue weighted by molar-refractivity contribution is 0.193. The Bertz CT molecular complexity index is 714. The molecule has 1 unspecified atom stereocenters. The maximum Gasteiger partial charge on any atom is 0.222 e. The van der Waals surface area contributed by atoms with Crippen LogP contribution in [0.25, 0.3) is 10.1 Å². The molecule has 20 heavy (non-hydrogen) atoms. The fourth-order valence-corrected chi connectivity index (χ4v) is 2.97. The number of aromatic nitrogens is 2. The molecule has 102 valence electrons. The number of anilines is 1. The molecule has 0 spiro atoms. The van der Waals surface area contributed by atoms with Gasteiger partial charge in [0.15, 0.2) is 5.82 Å². The Morgan fingerprint density at radius 3 is 2.80 bits per heavy atom. The number of thiophene rings is 1. The van der Waals surface area contributed by atoms with E-state index in [1.165, 1.54) is 0 Å². The lowest BCUT2D eigenvalue weighted by Gasteiger charge is -2.11. The number of aliphatic hydroxyl groups excluding tert-OH is 1. The van der Waals surface area contributed by atoms with Crippen LogP contribution in [0.2, 0.25) is 0 Å². The van der Waals surface area contributed by atoms with Crippen molar-refractivity contribution < 1.29 is 9.50 Å². The van der Waals surface area contributed by atoms with Crippen molar-refractivity contribution in [1.82, 2.24) is 9.97 Å². The van der Waals surface area contributed by atoms with Gasteiger partial charge in [-0.05, 0) is 16.8 Å². The number of hydrogen-bond donors (Lipinski definition) is 2.